The molecule has 6 heteroatoms. The number of aromatic amines is 1. The first-order valence-electron chi connectivity index (χ1n) is 9.36. The quantitative estimate of drug-likeness (QED) is 0.493. The summed E-state index contributed by atoms with van der Waals surface area (Å²) in [6, 6.07) is 18.6. The standard InChI is InChI=1S/C21H24N6/c1-15(2)27-25-19(21(26-27)16-8-4-3-5-9-16)14-22-13-12-20-23-17-10-6-7-11-18(17)24-20/h3-11,15,22H,12-14H2,1-2H3,(H,23,24). The molecule has 0 atom stereocenters. The number of H-pyrrole nitrogens is 1. The van der Waals surface area contributed by atoms with Crippen LogP contribution in [0.1, 0.15) is 31.4 Å². The molecular weight excluding hydrogens is 336 g/mol. The summed E-state index contributed by atoms with van der Waals surface area (Å²) in [5.74, 6) is 0.998. The van der Waals surface area contributed by atoms with Crippen LogP contribution in [0.15, 0.2) is 54.6 Å². The van der Waals surface area contributed by atoms with E-state index in [-0.39, 0.29) is 6.04 Å². The van der Waals surface area contributed by atoms with E-state index < -0.39 is 0 Å². The lowest BCUT2D eigenvalue weighted by atomic mass is 10.1. The normalized spacial score (nSPS) is 11.5. The summed E-state index contributed by atoms with van der Waals surface area (Å²) in [6.07, 6.45) is 0.841. The monoisotopic (exact) mass is 360 g/mol. The van der Waals surface area contributed by atoms with Gasteiger partial charge in [-0.15, -0.1) is 0 Å². The Kier molecular flexibility index (Phi) is 4.98. The molecule has 0 amide bonds. The van der Waals surface area contributed by atoms with Crippen molar-refractivity contribution in [2.75, 3.05) is 6.54 Å². The second kappa shape index (κ2) is 7.72. The number of aromatic nitrogens is 5. The van der Waals surface area contributed by atoms with Gasteiger partial charge in [0.15, 0.2) is 0 Å². The van der Waals surface area contributed by atoms with Gasteiger partial charge in [0.25, 0.3) is 0 Å². The van der Waals surface area contributed by atoms with Gasteiger partial charge in [0.1, 0.15) is 17.2 Å². The highest BCUT2D eigenvalue weighted by molar-refractivity contribution is 5.74. The van der Waals surface area contributed by atoms with Crippen LogP contribution >= 0.6 is 0 Å². The first-order valence-corrected chi connectivity index (χ1v) is 9.36. The first kappa shape index (κ1) is 17.4. The number of imidazole rings is 1. The van der Waals surface area contributed by atoms with Crippen molar-refractivity contribution in [3.63, 3.8) is 0 Å². The predicted octanol–water partition coefficient (Wildman–Crippen LogP) is 3.73. The molecule has 2 N–H and O–H groups in total. The molecular formula is C21H24N6. The maximum Gasteiger partial charge on any atom is 0.117 e. The average molecular weight is 360 g/mol. The summed E-state index contributed by atoms with van der Waals surface area (Å²) >= 11 is 0. The minimum atomic E-state index is 0.233. The predicted molar refractivity (Wildman–Crippen MR) is 107 cm³/mol. The van der Waals surface area contributed by atoms with Crippen molar-refractivity contribution in [2.24, 2.45) is 0 Å². The number of nitrogens with zero attached hydrogens (tertiary/aromatic N) is 4. The summed E-state index contributed by atoms with van der Waals surface area (Å²) in [6.45, 7) is 5.68. The SMILES string of the molecule is CC(C)n1nc(CNCCc2nc3ccccc3[nH]2)c(-c2ccccc2)n1. The summed E-state index contributed by atoms with van der Waals surface area (Å²) in [5.41, 5.74) is 5.11. The third-order valence-electron chi connectivity index (χ3n) is 4.48. The van der Waals surface area contributed by atoms with Gasteiger partial charge < -0.3 is 10.3 Å². The molecule has 0 radical (unpaired) electrons. The van der Waals surface area contributed by atoms with Gasteiger partial charge in [-0.3, -0.25) is 0 Å². The van der Waals surface area contributed by atoms with Gasteiger partial charge in [-0.25, -0.2) is 4.98 Å². The number of rotatable bonds is 7. The molecule has 4 aromatic rings. The third kappa shape index (κ3) is 3.90. The van der Waals surface area contributed by atoms with Gasteiger partial charge in [0, 0.05) is 25.1 Å². The first-order chi connectivity index (χ1) is 13.2. The van der Waals surface area contributed by atoms with Gasteiger partial charge in [0.2, 0.25) is 0 Å². The van der Waals surface area contributed by atoms with Crippen LogP contribution in [-0.4, -0.2) is 31.5 Å². The Hall–Kier alpha value is -2.99. The van der Waals surface area contributed by atoms with Gasteiger partial charge >= 0.3 is 0 Å². The molecule has 138 valence electrons. The Morgan fingerprint density at radius 2 is 1.78 bits per heavy atom. The number of fused-ring (bicyclic) bond motifs is 1. The van der Waals surface area contributed by atoms with E-state index in [1.165, 1.54) is 0 Å². The lowest BCUT2D eigenvalue weighted by molar-refractivity contribution is 0.461. The fourth-order valence-corrected chi connectivity index (χ4v) is 3.06. The largest absolute Gasteiger partial charge is 0.342 e. The van der Waals surface area contributed by atoms with E-state index in [4.69, 9.17) is 5.10 Å². The van der Waals surface area contributed by atoms with E-state index in [0.29, 0.717) is 6.54 Å². The van der Waals surface area contributed by atoms with Crippen molar-refractivity contribution >= 4 is 11.0 Å². The van der Waals surface area contributed by atoms with Crippen LogP contribution in [-0.2, 0) is 13.0 Å². The second-order valence-corrected chi connectivity index (χ2v) is 6.90. The smallest absolute Gasteiger partial charge is 0.117 e. The number of hydrogen-bond acceptors (Lipinski definition) is 4. The van der Waals surface area contributed by atoms with E-state index in [0.717, 1.165) is 46.8 Å². The molecule has 2 heterocycles. The molecule has 4 rings (SSSR count). The number of hydrogen-bond donors (Lipinski definition) is 2. The summed E-state index contributed by atoms with van der Waals surface area (Å²) < 4.78 is 0. The van der Waals surface area contributed by atoms with Crippen molar-refractivity contribution in [2.45, 2.75) is 32.9 Å². The van der Waals surface area contributed by atoms with Crippen LogP contribution in [0.3, 0.4) is 0 Å². The zero-order valence-corrected chi connectivity index (χ0v) is 15.7. The van der Waals surface area contributed by atoms with E-state index in [1.54, 1.807) is 4.80 Å². The van der Waals surface area contributed by atoms with Crippen molar-refractivity contribution in [1.82, 2.24) is 30.3 Å². The Labute approximate surface area is 158 Å². The number of benzene rings is 2. The van der Waals surface area contributed by atoms with Gasteiger partial charge in [0.05, 0.1) is 17.1 Å². The summed E-state index contributed by atoms with van der Waals surface area (Å²) in [5, 5.41) is 12.9. The molecule has 0 aliphatic heterocycles. The molecule has 0 spiro atoms. The lowest BCUT2D eigenvalue weighted by Crippen LogP contribution is -2.18. The molecule has 0 fully saturated rings. The maximum absolute atomic E-state index is 4.69. The van der Waals surface area contributed by atoms with Crippen LogP contribution in [0.4, 0.5) is 0 Å². The molecule has 0 saturated carbocycles. The highest BCUT2D eigenvalue weighted by atomic mass is 15.5. The second-order valence-electron chi connectivity index (χ2n) is 6.90. The Morgan fingerprint density at radius 3 is 2.56 bits per heavy atom. The van der Waals surface area contributed by atoms with Crippen LogP contribution in [0.2, 0.25) is 0 Å². The lowest BCUT2D eigenvalue weighted by Gasteiger charge is -2.03. The molecule has 6 nitrogen and oxygen atoms in total. The summed E-state index contributed by atoms with van der Waals surface area (Å²) in [7, 11) is 0. The molecule has 2 aromatic heterocycles. The van der Waals surface area contributed by atoms with Gasteiger partial charge in [-0.1, -0.05) is 42.5 Å². The maximum atomic E-state index is 4.69. The van der Waals surface area contributed by atoms with E-state index >= 15 is 0 Å². The van der Waals surface area contributed by atoms with Crippen LogP contribution < -0.4 is 5.32 Å². The Balaban J connectivity index is 1.43. The van der Waals surface area contributed by atoms with Crippen molar-refractivity contribution < 1.29 is 0 Å². The highest BCUT2D eigenvalue weighted by Crippen LogP contribution is 2.21. The fraction of sp³-hybridized carbons (Fsp3) is 0.286. The Bertz CT molecular complexity index is 983. The highest BCUT2D eigenvalue weighted by Gasteiger charge is 2.14. The van der Waals surface area contributed by atoms with Crippen molar-refractivity contribution in [1.29, 1.82) is 0 Å². The third-order valence-corrected chi connectivity index (χ3v) is 4.48. The Morgan fingerprint density at radius 1 is 1.00 bits per heavy atom. The molecule has 0 saturated heterocycles. The van der Waals surface area contributed by atoms with E-state index in [9.17, 15) is 0 Å². The number of nitrogens with one attached hydrogen (secondary N) is 2. The van der Waals surface area contributed by atoms with Crippen molar-refractivity contribution in [3.05, 3.63) is 66.1 Å². The fourth-order valence-electron chi connectivity index (χ4n) is 3.06. The van der Waals surface area contributed by atoms with Gasteiger partial charge in [-0.2, -0.15) is 15.0 Å². The molecule has 0 aliphatic carbocycles. The molecule has 0 aliphatic rings. The van der Waals surface area contributed by atoms with Crippen LogP contribution in [0.5, 0.6) is 0 Å². The minimum Gasteiger partial charge on any atom is -0.342 e. The van der Waals surface area contributed by atoms with Crippen LogP contribution in [0.25, 0.3) is 22.3 Å². The molecule has 0 bridgehead atoms. The minimum absolute atomic E-state index is 0.233. The van der Waals surface area contributed by atoms with E-state index in [1.807, 2.05) is 36.4 Å². The average Bonchev–Trinajstić information content (AvgIpc) is 3.30. The number of para-hydroxylation sites is 2. The molecule has 0 unspecified atom stereocenters. The molecule has 27 heavy (non-hydrogen) atoms. The topological polar surface area (TPSA) is 71.4 Å². The molecule has 2 aromatic carbocycles. The van der Waals surface area contributed by atoms with E-state index in [2.05, 4.69) is 52.4 Å². The van der Waals surface area contributed by atoms with Crippen molar-refractivity contribution in [3.8, 4) is 11.3 Å². The zero-order valence-electron chi connectivity index (χ0n) is 15.7. The van der Waals surface area contributed by atoms with Crippen LogP contribution in [0, 0.1) is 0 Å². The van der Waals surface area contributed by atoms with Gasteiger partial charge in [-0.05, 0) is 26.0 Å². The zero-order chi connectivity index (χ0) is 18.6. The summed E-state index contributed by atoms with van der Waals surface area (Å²) in [4.78, 5) is 9.78.